The third-order valence-electron chi connectivity index (χ3n) is 4.45. The molecule has 1 atom stereocenters. The summed E-state index contributed by atoms with van der Waals surface area (Å²) in [5, 5.41) is 1.50. The molecule has 1 aliphatic heterocycles. The molecule has 118 valence electrons. The highest BCUT2D eigenvalue weighted by atomic mass is 35.5. The van der Waals surface area contributed by atoms with E-state index in [1.54, 1.807) is 0 Å². The maximum atomic E-state index is 6.37. The van der Waals surface area contributed by atoms with Gasteiger partial charge in [0, 0.05) is 22.5 Å². The Balaban J connectivity index is 2.06. The van der Waals surface area contributed by atoms with Gasteiger partial charge in [-0.3, -0.25) is 0 Å². The first-order valence-electron chi connectivity index (χ1n) is 7.89. The molecule has 2 N–H and O–H groups in total. The third kappa shape index (κ3) is 4.35. The van der Waals surface area contributed by atoms with Gasteiger partial charge in [0.25, 0.3) is 0 Å². The number of rotatable bonds is 5. The molecule has 2 nitrogen and oxygen atoms in total. The first-order valence-corrected chi connectivity index (χ1v) is 8.64. The minimum absolute atomic E-state index is 0.271. The zero-order valence-corrected chi connectivity index (χ0v) is 14.5. The second-order valence-corrected chi connectivity index (χ2v) is 7.32. The smallest absolute Gasteiger partial charge is 0.0456 e. The first-order chi connectivity index (χ1) is 10.0. The predicted molar refractivity (Wildman–Crippen MR) is 92.3 cm³/mol. The van der Waals surface area contributed by atoms with Gasteiger partial charge in [-0.1, -0.05) is 43.1 Å². The molecule has 2 rings (SSSR count). The average Bonchev–Trinajstić information content (AvgIpc) is 2.44. The minimum Gasteiger partial charge on any atom is -0.330 e. The maximum absolute atomic E-state index is 6.37. The van der Waals surface area contributed by atoms with E-state index in [0.29, 0.717) is 12.5 Å². The molecular formula is C17H26Cl2N2. The van der Waals surface area contributed by atoms with Crippen LogP contribution < -0.4 is 5.73 Å². The van der Waals surface area contributed by atoms with Crippen molar-refractivity contribution in [1.29, 1.82) is 0 Å². The van der Waals surface area contributed by atoms with Crippen LogP contribution in [-0.2, 0) is 0 Å². The highest BCUT2D eigenvalue weighted by Crippen LogP contribution is 2.39. The molecule has 1 aromatic rings. The molecule has 0 saturated carbocycles. The van der Waals surface area contributed by atoms with Gasteiger partial charge in [-0.2, -0.15) is 0 Å². The molecule has 1 unspecified atom stereocenters. The van der Waals surface area contributed by atoms with Crippen molar-refractivity contribution in [3.63, 3.8) is 0 Å². The van der Waals surface area contributed by atoms with Gasteiger partial charge in [0.05, 0.1) is 0 Å². The second-order valence-electron chi connectivity index (χ2n) is 6.51. The molecule has 4 heteroatoms. The standard InChI is InChI=1S/C17H26Cl2N2/c1-12(2)11-21-8-6-13(7-9-21)14(10-20)17-15(18)4-3-5-16(17)19/h3-5,12-14H,6-11,20H2,1-2H3. The van der Waals surface area contributed by atoms with Crippen LogP contribution in [0, 0.1) is 11.8 Å². The number of nitrogens with two attached hydrogens (primary N) is 1. The molecule has 0 spiro atoms. The number of likely N-dealkylation sites (tertiary alicyclic amines) is 1. The Labute approximate surface area is 138 Å². The van der Waals surface area contributed by atoms with E-state index < -0.39 is 0 Å². The molecule has 1 heterocycles. The largest absolute Gasteiger partial charge is 0.330 e. The molecule has 1 aliphatic rings. The van der Waals surface area contributed by atoms with Crippen LogP contribution in [0.1, 0.15) is 38.2 Å². The Morgan fingerprint density at radius 2 is 1.76 bits per heavy atom. The van der Waals surface area contributed by atoms with E-state index in [0.717, 1.165) is 34.6 Å². The van der Waals surface area contributed by atoms with Crippen LogP contribution in [0.2, 0.25) is 10.0 Å². The number of hydrogen-bond acceptors (Lipinski definition) is 2. The van der Waals surface area contributed by atoms with Crippen LogP contribution in [0.3, 0.4) is 0 Å². The van der Waals surface area contributed by atoms with Gasteiger partial charge in [0.1, 0.15) is 0 Å². The van der Waals surface area contributed by atoms with E-state index in [-0.39, 0.29) is 5.92 Å². The van der Waals surface area contributed by atoms with E-state index in [1.807, 2.05) is 18.2 Å². The van der Waals surface area contributed by atoms with Crippen LogP contribution in [0.25, 0.3) is 0 Å². The molecule has 21 heavy (non-hydrogen) atoms. The fraction of sp³-hybridized carbons (Fsp3) is 0.647. The summed E-state index contributed by atoms with van der Waals surface area (Å²) in [5.41, 5.74) is 7.10. The topological polar surface area (TPSA) is 29.3 Å². The van der Waals surface area contributed by atoms with Gasteiger partial charge in [0.2, 0.25) is 0 Å². The zero-order valence-electron chi connectivity index (χ0n) is 13.0. The van der Waals surface area contributed by atoms with Crippen molar-refractivity contribution < 1.29 is 0 Å². The summed E-state index contributed by atoms with van der Waals surface area (Å²) in [6.07, 6.45) is 2.35. The van der Waals surface area contributed by atoms with E-state index in [4.69, 9.17) is 28.9 Å². The summed E-state index contributed by atoms with van der Waals surface area (Å²) in [4.78, 5) is 2.56. The van der Waals surface area contributed by atoms with Crippen molar-refractivity contribution >= 4 is 23.2 Å². The number of piperidine rings is 1. The lowest BCUT2D eigenvalue weighted by Gasteiger charge is -2.37. The highest BCUT2D eigenvalue weighted by Gasteiger charge is 2.29. The second kappa shape index (κ2) is 7.82. The monoisotopic (exact) mass is 328 g/mol. The van der Waals surface area contributed by atoms with Crippen molar-refractivity contribution in [2.75, 3.05) is 26.2 Å². The summed E-state index contributed by atoms with van der Waals surface area (Å²) in [6.45, 7) is 8.66. The predicted octanol–water partition coefficient (Wildman–Crippen LogP) is 4.40. The number of halogens is 2. The molecule has 0 amide bonds. The Morgan fingerprint density at radius 1 is 1.19 bits per heavy atom. The summed E-state index contributed by atoms with van der Waals surface area (Å²) in [7, 11) is 0. The van der Waals surface area contributed by atoms with E-state index in [1.165, 1.54) is 19.4 Å². The summed E-state index contributed by atoms with van der Waals surface area (Å²) >= 11 is 12.7. The molecular weight excluding hydrogens is 303 g/mol. The van der Waals surface area contributed by atoms with Gasteiger partial charge in [-0.15, -0.1) is 0 Å². The van der Waals surface area contributed by atoms with Gasteiger partial charge in [0.15, 0.2) is 0 Å². The van der Waals surface area contributed by atoms with Crippen LogP contribution >= 0.6 is 23.2 Å². The Bertz CT molecular complexity index is 434. The number of nitrogens with zero attached hydrogens (tertiary/aromatic N) is 1. The maximum Gasteiger partial charge on any atom is 0.0456 e. The lowest BCUT2D eigenvalue weighted by atomic mass is 9.80. The lowest BCUT2D eigenvalue weighted by molar-refractivity contribution is 0.155. The van der Waals surface area contributed by atoms with Crippen molar-refractivity contribution in [2.45, 2.75) is 32.6 Å². The quantitative estimate of drug-likeness (QED) is 0.867. The van der Waals surface area contributed by atoms with Gasteiger partial charge >= 0.3 is 0 Å². The third-order valence-corrected chi connectivity index (χ3v) is 5.11. The Morgan fingerprint density at radius 3 is 2.24 bits per heavy atom. The minimum atomic E-state index is 0.271. The summed E-state index contributed by atoms with van der Waals surface area (Å²) in [5.74, 6) is 1.58. The first kappa shape index (κ1) is 17.1. The van der Waals surface area contributed by atoms with Gasteiger partial charge < -0.3 is 10.6 Å². The van der Waals surface area contributed by atoms with Crippen LogP contribution in [0.15, 0.2) is 18.2 Å². The number of benzene rings is 1. The molecule has 0 bridgehead atoms. The Hall–Kier alpha value is -0.280. The molecule has 1 aromatic carbocycles. The van der Waals surface area contributed by atoms with Gasteiger partial charge in [-0.05, 0) is 62.0 Å². The SMILES string of the molecule is CC(C)CN1CCC(C(CN)c2c(Cl)cccc2Cl)CC1. The zero-order chi connectivity index (χ0) is 15.4. The van der Waals surface area contributed by atoms with Crippen molar-refractivity contribution in [3.05, 3.63) is 33.8 Å². The van der Waals surface area contributed by atoms with E-state index >= 15 is 0 Å². The van der Waals surface area contributed by atoms with Crippen LogP contribution in [0.4, 0.5) is 0 Å². The van der Waals surface area contributed by atoms with Crippen molar-refractivity contribution in [2.24, 2.45) is 17.6 Å². The number of hydrogen-bond donors (Lipinski definition) is 1. The fourth-order valence-electron chi connectivity index (χ4n) is 3.47. The highest BCUT2D eigenvalue weighted by molar-refractivity contribution is 6.36. The normalized spacial score (nSPS) is 19.1. The average molecular weight is 329 g/mol. The molecule has 0 radical (unpaired) electrons. The summed E-state index contributed by atoms with van der Waals surface area (Å²) in [6, 6.07) is 5.73. The van der Waals surface area contributed by atoms with Crippen LogP contribution in [0.5, 0.6) is 0 Å². The molecule has 1 fully saturated rings. The summed E-state index contributed by atoms with van der Waals surface area (Å²) < 4.78 is 0. The van der Waals surface area contributed by atoms with Crippen molar-refractivity contribution in [3.8, 4) is 0 Å². The fourth-order valence-corrected chi connectivity index (χ4v) is 4.14. The van der Waals surface area contributed by atoms with Gasteiger partial charge in [-0.25, -0.2) is 0 Å². The molecule has 1 saturated heterocycles. The van der Waals surface area contributed by atoms with E-state index in [2.05, 4.69) is 18.7 Å². The van der Waals surface area contributed by atoms with Crippen molar-refractivity contribution in [1.82, 2.24) is 4.90 Å². The Kier molecular flexibility index (Phi) is 6.36. The van der Waals surface area contributed by atoms with E-state index in [9.17, 15) is 0 Å². The molecule has 0 aromatic heterocycles. The van der Waals surface area contributed by atoms with Crippen LogP contribution in [-0.4, -0.2) is 31.1 Å². The molecule has 0 aliphatic carbocycles. The lowest BCUT2D eigenvalue weighted by Crippen LogP contribution is -2.39.